The van der Waals surface area contributed by atoms with Crippen LogP contribution in [0.1, 0.15) is 28.4 Å². The minimum Gasteiger partial charge on any atom is -0.370 e. The number of anilines is 1. The van der Waals surface area contributed by atoms with E-state index in [1.807, 2.05) is 19.9 Å². The molecule has 0 radical (unpaired) electrons. The molecule has 0 bridgehead atoms. The summed E-state index contributed by atoms with van der Waals surface area (Å²) in [4.78, 5) is 16.1. The zero-order valence-corrected chi connectivity index (χ0v) is 11.9. The van der Waals surface area contributed by atoms with E-state index in [4.69, 9.17) is 0 Å². The van der Waals surface area contributed by atoms with Crippen LogP contribution < -0.4 is 10.6 Å². The lowest BCUT2D eigenvalue weighted by Crippen LogP contribution is -2.23. The Labute approximate surface area is 116 Å². The predicted octanol–water partition coefficient (Wildman–Crippen LogP) is 2.81. The molecule has 2 aromatic rings. The Kier molecular flexibility index (Phi) is 4.52. The number of rotatable bonds is 5. The highest BCUT2D eigenvalue weighted by molar-refractivity contribution is 7.08. The Morgan fingerprint density at radius 3 is 2.79 bits per heavy atom. The molecule has 2 aromatic heterocycles. The van der Waals surface area contributed by atoms with Crippen molar-refractivity contribution in [3.8, 4) is 0 Å². The number of thiophene rings is 1. The van der Waals surface area contributed by atoms with E-state index in [-0.39, 0.29) is 5.91 Å². The molecular weight excluding hydrogens is 258 g/mol. The third-order valence-electron chi connectivity index (χ3n) is 2.78. The molecule has 4 nitrogen and oxygen atoms in total. The number of carbonyl (C=O) groups excluding carboxylic acids is 1. The van der Waals surface area contributed by atoms with Crippen LogP contribution in [-0.4, -0.2) is 17.4 Å². The zero-order chi connectivity index (χ0) is 13.7. The molecule has 0 aliphatic rings. The van der Waals surface area contributed by atoms with Crippen LogP contribution in [0.2, 0.25) is 0 Å². The highest BCUT2D eigenvalue weighted by Crippen LogP contribution is 2.13. The van der Waals surface area contributed by atoms with E-state index >= 15 is 0 Å². The maximum Gasteiger partial charge on any atom is 0.253 e. The first kappa shape index (κ1) is 13.5. The molecule has 0 spiro atoms. The van der Waals surface area contributed by atoms with E-state index in [2.05, 4.69) is 26.4 Å². The van der Waals surface area contributed by atoms with Crippen LogP contribution in [-0.2, 0) is 6.54 Å². The Balaban J connectivity index is 1.94. The van der Waals surface area contributed by atoms with E-state index in [1.54, 1.807) is 23.6 Å². The largest absolute Gasteiger partial charge is 0.370 e. The van der Waals surface area contributed by atoms with E-state index in [1.165, 1.54) is 5.56 Å². The molecule has 0 saturated carbocycles. The minimum absolute atomic E-state index is 0.0962. The fourth-order valence-electron chi connectivity index (χ4n) is 1.66. The summed E-state index contributed by atoms with van der Waals surface area (Å²) in [7, 11) is 0. The van der Waals surface area contributed by atoms with Crippen molar-refractivity contribution in [3.05, 3.63) is 45.8 Å². The van der Waals surface area contributed by atoms with Crippen molar-refractivity contribution in [2.24, 2.45) is 0 Å². The average Bonchev–Trinajstić information content (AvgIpc) is 2.83. The molecule has 19 heavy (non-hydrogen) atoms. The van der Waals surface area contributed by atoms with Crippen molar-refractivity contribution in [1.82, 2.24) is 10.3 Å². The highest BCUT2D eigenvalue weighted by Gasteiger charge is 2.07. The Morgan fingerprint density at radius 2 is 2.21 bits per heavy atom. The normalized spacial score (nSPS) is 10.2. The van der Waals surface area contributed by atoms with Gasteiger partial charge in [0.05, 0.1) is 5.56 Å². The van der Waals surface area contributed by atoms with Gasteiger partial charge in [0.2, 0.25) is 0 Å². The van der Waals surface area contributed by atoms with Crippen LogP contribution in [0.15, 0.2) is 29.1 Å². The summed E-state index contributed by atoms with van der Waals surface area (Å²) in [5.41, 5.74) is 2.95. The smallest absolute Gasteiger partial charge is 0.253 e. The molecule has 0 saturated heterocycles. The summed E-state index contributed by atoms with van der Waals surface area (Å²) in [6.07, 6.45) is 1.59. The van der Waals surface area contributed by atoms with Crippen molar-refractivity contribution < 1.29 is 4.79 Å². The topological polar surface area (TPSA) is 54.0 Å². The van der Waals surface area contributed by atoms with Gasteiger partial charge in [-0.3, -0.25) is 4.79 Å². The van der Waals surface area contributed by atoms with Gasteiger partial charge in [-0.15, -0.1) is 0 Å². The van der Waals surface area contributed by atoms with Crippen molar-refractivity contribution in [2.45, 2.75) is 20.4 Å². The third kappa shape index (κ3) is 3.54. The second-order valence-electron chi connectivity index (χ2n) is 4.23. The standard InChI is InChI=1S/C14H17N3OS/c1-3-15-13-5-4-11(6-16-13)14(18)17-7-12-9-19-8-10(12)2/h4-6,8-9H,3,7H2,1-2H3,(H,15,16)(H,17,18). The maximum atomic E-state index is 12.0. The van der Waals surface area contributed by atoms with Crippen LogP contribution in [0.4, 0.5) is 5.82 Å². The molecule has 2 N–H and O–H groups in total. The molecule has 5 heteroatoms. The van der Waals surface area contributed by atoms with Crippen molar-refractivity contribution in [3.63, 3.8) is 0 Å². The molecule has 0 aromatic carbocycles. The Bertz CT molecular complexity index is 548. The molecule has 0 aliphatic carbocycles. The number of hydrogen-bond acceptors (Lipinski definition) is 4. The number of aryl methyl sites for hydroxylation is 1. The number of nitrogens with zero attached hydrogens (tertiary/aromatic N) is 1. The fourth-order valence-corrected chi connectivity index (χ4v) is 2.52. The average molecular weight is 275 g/mol. The summed E-state index contributed by atoms with van der Waals surface area (Å²) in [6, 6.07) is 3.59. The van der Waals surface area contributed by atoms with Gasteiger partial charge in [-0.25, -0.2) is 4.98 Å². The molecule has 0 atom stereocenters. The minimum atomic E-state index is -0.0962. The molecular formula is C14H17N3OS. The zero-order valence-electron chi connectivity index (χ0n) is 11.1. The third-order valence-corrected chi connectivity index (χ3v) is 3.69. The molecule has 0 fully saturated rings. The first-order valence-electron chi connectivity index (χ1n) is 6.20. The second-order valence-corrected chi connectivity index (χ2v) is 4.97. The number of aromatic nitrogens is 1. The highest BCUT2D eigenvalue weighted by atomic mass is 32.1. The monoisotopic (exact) mass is 275 g/mol. The van der Waals surface area contributed by atoms with Crippen LogP contribution in [0.5, 0.6) is 0 Å². The van der Waals surface area contributed by atoms with Gasteiger partial charge in [0, 0.05) is 19.3 Å². The summed E-state index contributed by atoms with van der Waals surface area (Å²) in [6.45, 7) is 5.43. The second kappa shape index (κ2) is 6.33. The van der Waals surface area contributed by atoms with Gasteiger partial charge in [0.25, 0.3) is 5.91 Å². The quantitative estimate of drug-likeness (QED) is 0.882. The van der Waals surface area contributed by atoms with E-state index in [9.17, 15) is 4.79 Å². The van der Waals surface area contributed by atoms with E-state index in [0.29, 0.717) is 12.1 Å². The number of hydrogen-bond donors (Lipinski definition) is 2. The SMILES string of the molecule is CCNc1ccc(C(=O)NCc2cscc2C)cn1. The van der Waals surface area contributed by atoms with Crippen molar-refractivity contribution in [2.75, 3.05) is 11.9 Å². The fraction of sp³-hybridized carbons (Fsp3) is 0.286. The van der Waals surface area contributed by atoms with Gasteiger partial charge in [-0.2, -0.15) is 11.3 Å². The van der Waals surface area contributed by atoms with E-state index in [0.717, 1.165) is 17.9 Å². The lowest BCUT2D eigenvalue weighted by molar-refractivity contribution is 0.0950. The molecule has 0 unspecified atom stereocenters. The van der Waals surface area contributed by atoms with Gasteiger partial charge >= 0.3 is 0 Å². The summed E-state index contributed by atoms with van der Waals surface area (Å²) < 4.78 is 0. The number of nitrogens with one attached hydrogen (secondary N) is 2. The number of pyridine rings is 1. The Hall–Kier alpha value is -1.88. The number of amides is 1. The predicted molar refractivity (Wildman–Crippen MR) is 78.6 cm³/mol. The number of carbonyl (C=O) groups is 1. The van der Waals surface area contributed by atoms with Crippen molar-refractivity contribution in [1.29, 1.82) is 0 Å². The lowest BCUT2D eigenvalue weighted by Gasteiger charge is -2.06. The van der Waals surface area contributed by atoms with Gasteiger partial charge in [-0.1, -0.05) is 0 Å². The van der Waals surface area contributed by atoms with Crippen molar-refractivity contribution >= 4 is 23.1 Å². The van der Waals surface area contributed by atoms with Crippen LogP contribution in [0, 0.1) is 6.92 Å². The molecule has 1 amide bonds. The maximum absolute atomic E-state index is 12.0. The van der Waals surface area contributed by atoms with Gasteiger partial charge in [-0.05, 0) is 47.9 Å². The van der Waals surface area contributed by atoms with Gasteiger partial charge in [0.15, 0.2) is 0 Å². The van der Waals surface area contributed by atoms with Crippen LogP contribution >= 0.6 is 11.3 Å². The van der Waals surface area contributed by atoms with Crippen LogP contribution in [0.25, 0.3) is 0 Å². The molecule has 2 rings (SSSR count). The van der Waals surface area contributed by atoms with Gasteiger partial charge < -0.3 is 10.6 Å². The summed E-state index contributed by atoms with van der Waals surface area (Å²) >= 11 is 1.65. The molecule has 0 aliphatic heterocycles. The summed E-state index contributed by atoms with van der Waals surface area (Å²) in [5.74, 6) is 0.689. The van der Waals surface area contributed by atoms with E-state index < -0.39 is 0 Å². The first-order chi connectivity index (χ1) is 9.20. The first-order valence-corrected chi connectivity index (χ1v) is 7.14. The summed E-state index contributed by atoms with van der Waals surface area (Å²) in [5, 5.41) is 10.1. The lowest BCUT2D eigenvalue weighted by atomic mass is 10.2. The van der Waals surface area contributed by atoms with Crippen LogP contribution in [0.3, 0.4) is 0 Å². The Morgan fingerprint density at radius 1 is 1.37 bits per heavy atom. The molecule has 2 heterocycles. The molecule has 100 valence electrons. The van der Waals surface area contributed by atoms with Gasteiger partial charge in [0.1, 0.15) is 5.82 Å².